The topological polar surface area (TPSA) is 89.8 Å². The van der Waals surface area contributed by atoms with Crippen LogP contribution in [0.3, 0.4) is 0 Å². The second-order valence-electron chi connectivity index (χ2n) is 8.46. The molecule has 1 amide bonds. The van der Waals surface area contributed by atoms with Gasteiger partial charge in [0, 0.05) is 12.4 Å². The first-order chi connectivity index (χ1) is 16.2. The summed E-state index contributed by atoms with van der Waals surface area (Å²) in [5.74, 6) is -1.19. The Morgan fingerprint density at radius 1 is 1.38 bits per heavy atom. The molecule has 7 nitrogen and oxygen atoms in total. The predicted molar refractivity (Wildman–Crippen MR) is 134 cm³/mol. The fourth-order valence-electron chi connectivity index (χ4n) is 4.15. The van der Waals surface area contributed by atoms with Crippen LogP contribution in [0.15, 0.2) is 54.2 Å². The van der Waals surface area contributed by atoms with Crippen molar-refractivity contribution in [1.82, 2.24) is 9.88 Å². The Labute approximate surface area is 204 Å². The van der Waals surface area contributed by atoms with Gasteiger partial charge in [0.1, 0.15) is 17.0 Å². The van der Waals surface area contributed by atoms with E-state index < -0.39 is 17.4 Å². The molecule has 182 valence electrons. The maximum atomic E-state index is 13.3. The number of nitrogens with one attached hydrogen (secondary N) is 1. The number of benzene rings is 1. The van der Waals surface area contributed by atoms with Gasteiger partial charge in [0.25, 0.3) is 5.91 Å². The van der Waals surface area contributed by atoms with Gasteiger partial charge >= 0.3 is 5.97 Å². The standard InChI is InChI=1S/C26H31ClN2O5/c1-6-8-18(25(31)32)17(7-2)10-9-16(3)26(14-34-15-26)28-24(30)21-13-19-20(29(21)4)11-12-22(33-5)23(19)27/h7,9-13,18H,3,6,8,14-15H2,1-2,4-5H3,(H,28,30)(H,31,32)/b10-9-,17-7+. The number of rotatable bonds is 10. The SMILES string of the molecule is C=C(/C=C\C(=C/C)C(CCC)C(=O)O)C1(NC(=O)c2cc3c(Cl)c(OC)ccc3n2C)COC1. The number of amides is 1. The normalized spacial score (nSPS) is 16.3. The number of methoxy groups -OCH3 is 1. The van der Waals surface area contributed by atoms with Crippen LogP contribution in [0.5, 0.6) is 5.75 Å². The van der Waals surface area contributed by atoms with E-state index in [0.717, 1.165) is 17.3 Å². The summed E-state index contributed by atoms with van der Waals surface area (Å²) in [7, 11) is 3.35. The molecule has 0 saturated carbocycles. The van der Waals surface area contributed by atoms with Crippen molar-refractivity contribution in [3.05, 3.63) is 64.9 Å². The number of hydrogen-bond donors (Lipinski definition) is 2. The lowest BCUT2D eigenvalue weighted by molar-refractivity contribution is -0.140. The number of hydrogen-bond acceptors (Lipinski definition) is 4. The highest BCUT2D eigenvalue weighted by Crippen LogP contribution is 2.35. The summed E-state index contributed by atoms with van der Waals surface area (Å²) in [6.45, 7) is 8.49. The minimum atomic E-state index is -0.855. The molecule has 1 fully saturated rings. The number of halogens is 1. The Kier molecular flexibility index (Phi) is 7.89. The Balaban J connectivity index is 1.84. The van der Waals surface area contributed by atoms with Crippen LogP contribution in [0.1, 0.15) is 37.2 Å². The summed E-state index contributed by atoms with van der Waals surface area (Å²) in [4.78, 5) is 25.0. The van der Waals surface area contributed by atoms with E-state index in [1.807, 2.05) is 19.9 Å². The van der Waals surface area contributed by atoms with E-state index in [0.29, 0.717) is 34.0 Å². The van der Waals surface area contributed by atoms with Crippen LogP contribution in [-0.2, 0) is 16.6 Å². The van der Waals surface area contributed by atoms with Gasteiger partial charge in [-0.1, -0.05) is 49.8 Å². The number of allylic oxidation sites excluding steroid dienone is 2. The Bertz CT molecular complexity index is 1170. The average molecular weight is 487 g/mol. The minimum Gasteiger partial charge on any atom is -0.495 e. The van der Waals surface area contributed by atoms with Crippen LogP contribution in [0.25, 0.3) is 10.9 Å². The number of carboxylic acids is 1. The quantitative estimate of drug-likeness (QED) is 0.466. The molecular weight excluding hydrogens is 456 g/mol. The zero-order valence-corrected chi connectivity index (χ0v) is 20.7. The lowest BCUT2D eigenvalue weighted by Gasteiger charge is -2.42. The van der Waals surface area contributed by atoms with Gasteiger partial charge in [0.05, 0.1) is 36.8 Å². The molecule has 3 rings (SSSR count). The van der Waals surface area contributed by atoms with Crippen molar-refractivity contribution < 1.29 is 24.2 Å². The van der Waals surface area contributed by atoms with Crippen LogP contribution in [0, 0.1) is 5.92 Å². The van der Waals surface area contributed by atoms with E-state index in [1.54, 1.807) is 49.1 Å². The van der Waals surface area contributed by atoms with Crippen LogP contribution in [-0.4, -0.2) is 47.4 Å². The molecule has 0 spiro atoms. The Hall–Kier alpha value is -3.03. The minimum absolute atomic E-state index is 0.281. The zero-order chi connectivity index (χ0) is 25.0. The first-order valence-electron chi connectivity index (χ1n) is 11.2. The van der Waals surface area contributed by atoms with Crippen molar-refractivity contribution in [2.24, 2.45) is 13.0 Å². The molecule has 8 heteroatoms. The number of aliphatic carboxylic acids is 1. The second-order valence-corrected chi connectivity index (χ2v) is 8.84. The average Bonchev–Trinajstić information content (AvgIpc) is 3.13. The monoisotopic (exact) mass is 486 g/mol. The first-order valence-corrected chi connectivity index (χ1v) is 11.6. The maximum absolute atomic E-state index is 13.3. The molecule has 2 aromatic rings. The van der Waals surface area contributed by atoms with E-state index in [4.69, 9.17) is 21.1 Å². The fourth-order valence-corrected chi connectivity index (χ4v) is 4.44. The second kappa shape index (κ2) is 10.5. The highest BCUT2D eigenvalue weighted by atomic mass is 35.5. The summed E-state index contributed by atoms with van der Waals surface area (Å²) in [6, 6.07) is 5.36. The molecule has 1 aliphatic heterocycles. The zero-order valence-electron chi connectivity index (χ0n) is 20.0. The molecule has 34 heavy (non-hydrogen) atoms. The van der Waals surface area contributed by atoms with Gasteiger partial charge < -0.3 is 24.5 Å². The summed E-state index contributed by atoms with van der Waals surface area (Å²) < 4.78 is 12.5. The lowest BCUT2D eigenvalue weighted by Crippen LogP contribution is -2.63. The van der Waals surface area contributed by atoms with Gasteiger partial charge in [-0.3, -0.25) is 9.59 Å². The molecule has 0 aliphatic carbocycles. The lowest BCUT2D eigenvalue weighted by atomic mass is 9.86. The third-order valence-corrected chi connectivity index (χ3v) is 6.72. The molecule has 1 saturated heterocycles. The van der Waals surface area contributed by atoms with Crippen LogP contribution in [0.2, 0.25) is 5.02 Å². The molecule has 1 unspecified atom stereocenters. The van der Waals surface area contributed by atoms with Gasteiger partial charge in [-0.25, -0.2) is 0 Å². The van der Waals surface area contributed by atoms with E-state index in [2.05, 4.69) is 11.9 Å². The largest absolute Gasteiger partial charge is 0.495 e. The number of aromatic nitrogens is 1. The molecule has 1 aliphatic rings. The number of aryl methyl sites for hydroxylation is 1. The number of nitrogens with zero attached hydrogens (tertiary/aromatic N) is 1. The number of fused-ring (bicyclic) bond motifs is 1. The predicted octanol–water partition coefficient (Wildman–Crippen LogP) is 4.90. The van der Waals surface area contributed by atoms with Gasteiger partial charge in [-0.2, -0.15) is 0 Å². The maximum Gasteiger partial charge on any atom is 0.310 e. The van der Waals surface area contributed by atoms with Crippen LogP contribution in [0.4, 0.5) is 0 Å². The van der Waals surface area contributed by atoms with Crippen molar-refractivity contribution in [2.75, 3.05) is 20.3 Å². The third kappa shape index (κ3) is 4.76. The number of carbonyl (C=O) groups excluding carboxylic acids is 1. The Morgan fingerprint density at radius 2 is 2.09 bits per heavy atom. The molecule has 1 atom stereocenters. The van der Waals surface area contributed by atoms with E-state index >= 15 is 0 Å². The van der Waals surface area contributed by atoms with Gasteiger partial charge in [-0.05, 0) is 42.7 Å². The molecule has 1 aromatic heterocycles. The summed E-state index contributed by atoms with van der Waals surface area (Å²) in [6.07, 6.45) is 6.65. The fraction of sp³-hybridized carbons (Fsp3) is 0.385. The highest BCUT2D eigenvalue weighted by molar-refractivity contribution is 6.37. The highest BCUT2D eigenvalue weighted by Gasteiger charge is 2.42. The summed E-state index contributed by atoms with van der Waals surface area (Å²) in [5, 5.41) is 13.8. The Morgan fingerprint density at radius 3 is 2.62 bits per heavy atom. The van der Waals surface area contributed by atoms with Crippen molar-refractivity contribution in [1.29, 1.82) is 0 Å². The van der Waals surface area contributed by atoms with Crippen molar-refractivity contribution in [2.45, 2.75) is 32.2 Å². The molecule has 0 bridgehead atoms. The number of ether oxygens (including phenoxy) is 2. The smallest absolute Gasteiger partial charge is 0.310 e. The van der Waals surface area contributed by atoms with Gasteiger partial charge in [-0.15, -0.1) is 0 Å². The summed E-state index contributed by atoms with van der Waals surface area (Å²) in [5.41, 5.74) is 1.83. The number of carbonyl (C=O) groups is 2. The van der Waals surface area contributed by atoms with E-state index in [1.165, 1.54) is 0 Å². The molecule has 1 aromatic carbocycles. The molecule has 2 N–H and O–H groups in total. The molecule has 2 heterocycles. The van der Waals surface area contributed by atoms with Gasteiger partial charge in [0.15, 0.2) is 0 Å². The van der Waals surface area contributed by atoms with Gasteiger partial charge in [0.2, 0.25) is 0 Å². The van der Waals surface area contributed by atoms with Crippen molar-refractivity contribution in [3.63, 3.8) is 0 Å². The van der Waals surface area contributed by atoms with Crippen molar-refractivity contribution >= 4 is 34.4 Å². The third-order valence-electron chi connectivity index (χ3n) is 6.33. The van der Waals surface area contributed by atoms with E-state index in [9.17, 15) is 14.7 Å². The van der Waals surface area contributed by atoms with Crippen LogP contribution >= 0.6 is 11.6 Å². The molecular formula is C26H31ClN2O5. The number of carboxylic acid groups (broad SMARTS) is 1. The summed E-state index contributed by atoms with van der Waals surface area (Å²) >= 11 is 6.45. The first kappa shape index (κ1) is 25.6. The van der Waals surface area contributed by atoms with Crippen LogP contribution < -0.4 is 10.1 Å². The molecule has 0 radical (unpaired) electrons. The van der Waals surface area contributed by atoms with Crippen molar-refractivity contribution in [3.8, 4) is 5.75 Å². The van der Waals surface area contributed by atoms with E-state index in [-0.39, 0.29) is 19.1 Å².